The molecular formula is C25H22FN3O5. The van der Waals surface area contributed by atoms with Gasteiger partial charge in [0.15, 0.2) is 19.0 Å². The van der Waals surface area contributed by atoms with E-state index in [9.17, 15) is 18.8 Å². The molecule has 174 valence electrons. The van der Waals surface area contributed by atoms with E-state index in [4.69, 9.17) is 9.47 Å². The molecular weight excluding hydrogens is 441 g/mol. The van der Waals surface area contributed by atoms with E-state index in [1.165, 1.54) is 29.2 Å². The second-order valence-corrected chi connectivity index (χ2v) is 7.67. The Morgan fingerprint density at radius 2 is 2.03 bits per heavy atom. The number of carbonyl (C=O) groups is 3. The molecule has 0 atom stereocenters. The molecule has 0 saturated carbocycles. The zero-order chi connectivity index (χ0) is 24.1. The zero-order valence-electron chi connectivity index (χ0n) is 18.4. The van der Waals surface area contributed by atoms with E-state index in [1.807, 2.05) is 6.07 Å². The van der Waals surface area contributed by atoms with Crippen LogP contribution in [0.1, 0.15) is 21.6 Å². The summed E-state index contributed by atoms with van der Waals surface area (Å²) in [4.78, 5) is 43.1. The SMILES string of the molecule is Cc1cc(F)ccc1OCC(=O)c1ccc2c(c1)N(CC(=O)NCc1ccccn1)C(=O)CO2. The molecule has 0 spiro atoms. The van der Waals surface area contributed by atoms with Crippen LogP contribution in [0.25, 0.3) is 0 Å². The molecule has 0 radical (unpaired) electrons. The normalized spacial score (nSPS) is 12.5. The Morgan fingerprint density at radius 3 is 2.79 bits per heavy atom. The summed E-state index contributed by atoms with van der Waals surface area (Å²) >= 11 is 0. The van der Waals surface area contributed by atoms with Crippen molar-refractivity contribution < 1.29 is 28.2 Å². The molecule has 1 aromatic heterocycles. The van der Waals surface area contributed by atoms with Crippen molar-refractivity contribution in [2.45, 2.75) is 13.5 Å². The highest BCUT2D eigenvalue weighted by Crippen LogP contribution is 2.33. The van der Waals surface area contributed by atoms with Crippen molar-refractivity contribution in [3.63, 3.8) is 0 Å². The Bertz CT molecular complexity index is 1230. The van der Waals surface area contributed by atoms with Gasteiger partial charge < -0.3 is 14.8 Å². The van der Waals surface area contributed by atoms with Crippen LogP contribution in [-0.4, -0.2) is 42.3 Å². The van der Waals surface area contributed by atoms with Crippen LogP contribution < -0.4 is 19.7 Å². The van der Waals surface area contributed by atoms with E-state index < -0.39 is 5.91 Å². The number of aromatic nitrogens is 1. The quantitative estimate of drug-likeness (QED) is 0.516. The average molecular weight is 463 g/mol. The highest BCUT2D eigenvalue weighted by atomic mass is 19.1. The number of aryl methyl sites for hydroxylation is 1. The van der Waals surface area contributed by atoms with Crippen molar-refractivity contribution in [1.29, 1.82) is 0 Å². The van der Waals surface area contributed by atoms with E-state index in [0.717, 1.165) is 0 Å². The minimum atomic E-state index is -0.400. The predicted molar refractivity (Wildman–Crippen MR) is 121 cm³/mol. The van der Waals surface area contributed by atoms with E-state index in [0.29, 0.717) is 28.4 Å². The number of Topliss-reactive ketones (excluding diaryl/α,β-unsaturated/α-hetero) is 1. The number of nitrogens with one attached hydrogen (secondary N) is 1. The summed E-state index contributed by atoms with van der Waals surface area (Å²) in [6.07, 6.45) is 1.63. The van der Waals surface area contributed by atoms with Gasteiger partial charge in [0, 0.05) is 11.8 Å². The molecule has 1 N–H and O–H groups in total. The number of ketones is 1. The van der Waals surface area contributed by atoms with Crippen molar-refractivity contribution in [3.05, 3.63) is 83.4 Å². The molecule has 2 amide bonds. The number of amides is 2. The number of hydrogen-bond donors (Lipinski definition) is 1. The van der Waals surface area contributed by atoms with Crippen LogP contribution in [-0.2, 0) is 16.1 Å². The number of carbonyl (C=O) groups excluding carboxylic acids is 3. The lowest BCUT2D eigenvalue weighted by Crippen LogP contribution is -2.45. The van der Waals surface area contributed by atoms with Gasteiger partial charge in [0.25, 0.3) is 5.91 Å². The topological polar surface area (TPSA) is 97.8 Å². The maximum atomic E-state index is 13.3. The third-order valence-corrected chi connectivity index (χ3v) is 5.21. The van der Waals surface area contributed by atoms with Crippen molar-refractivity contribution in [2.24, 2.45) is 0 Å². The van der Waals surface area contributed by atoms with Gasteiger partial charge in [0.1, 0.15) is 23.9 Å². The summed E-state index contributed by atoms with van der Waals surface area (Å²) in [5.74, 6) is -0.716. The second kappa shape index (κ2) is 10.1. The van der Waals surface area contributed by atoms with Crippen molar-refractivity contribution in [1.82, 2.24) is 10.3 Å². The number of ether oxygens (including phenoxy) is 2. The molecule has 0 aliphatic carbocycles. The summed E-state index contributed by atoms with van der Waals surface area (Å²) < 4.78 is 24.3. The fourth-order valence-electron chi connectivity index (χ4n) is 3.44. The van der Waals surface area contributed by atoms with Gasteiger partial charge in [-0.05, 0) is 61.0 Å². The fourth-order valence-corrected chi connectivity index (χ4v) is 3.44. The highest BCUT2D eigenvalue weighted by Gasteiger charge is 2.28. The Kier molecular flexibility index (Phi) is 6.82. The van der Waals surface area contributed by atoms with Crippen LogP contribution in [0.15, 0.2) is 60.8 Å². The smallest absolute Gasteiger partial charge is 0.265 e. The third kappa shape index (κ3) is 5.37. The Labute approximate surface area is 195 Å². The number of fused-ring (bicyclic) bond motifs is 1. The van der Waals surface area contributed by atoms with Crippen molar-refractivity contribution in [2.75, 3.05) is 24.7 Å². The molecule has 0 fully saturated rings. The van der Waals surface area contributed by atoms with Crippen LogP contribution in [0.3, 0.4) is 0 Å². The van der Waals surface area contributed by atoms with E-state index in [-0.39, 0.29) is 49.4 Å². The first-order chi connectivity index (χ1) is 16.4. The van der Waals surface area contributed by atoms with Crippen LogP contribution in [0.2, 0.25) is 0 Å². The summed E-state index contributed by atoms with van der Waals surface area (Å²) in [6, 6.07) is 14.1. The monoisotopic (exact) mass is 463 g/mol. The van der Waals surface area contributed by atoms with Gasteiger partial charge in [-0.2, -0.15) is 0 Å². The highest BCUT2D eigenvalue weighted by molar-refractivity contribution is 6.04. The van der Waals surface area contributed by atoms with Gasteiger partial charge in [0.2, 0.25) is 5.91 Å². The first-order valence-electron chi connectivity index (χ1n) is 10.6. The number of anilines is 1. The second-order valence-electron chi connectivity index (χ2n) is 7.67. The lowest BCUT2D eigenvalue weighted by molar-refractivity contribution is -0.125. The number of benzene rings is 2. The Morgan fingerprint density at radius 1 is 1.18 bits per heavy atom. The largest absolute Gasteiger partial charge is 0.485 e. The predicted octanol–water partition coefficient (Wildman–Crippen LogP) is 2.83. The first kappa shape index (κ1) is 22.9. The summed E-state index contributed by atoms with van der Waals surface area (Å²) in [5.41, 5.74) is 1.87. The number of nitrogens with zero attached hydrogens (tertiary/aromatic N) is 2. The first-order valence-corrected chi connectivity index (χ1v) is 10.6. The minimum Gasteiger partial charge on any atom is -0.485 e. The lowest BCUT2D eigenvalue weighted by Gasteiger charge is -2.29. The van der Waals surface area contributed by atoms with Gasteiger partial charge in [-0.1, -0.05) is 6.07 Å². The molecule has 0 bridgehead atoms. The van der Waals surface area contributed by atoms with Gasteiger partial charge in [-0.15, -0.1) is 0 Å². The average Bonchev–Trinajstić information content (AvgIpc) is 2.84. The molecule has 1 aliphatic rings. The molecule has 2 heterocycles. The van der Waals surface area contributed by atoms with Gasteiger partial charge in [-0.3, -0.25) is 24.3 Å². The summed E-state index contributed by atoms with van der Waals surface area (Å²) in [7, 11) is 0. The molecule has 4 rings (SSSR count). The number of rotatable bonds is 8. The number of hydrogen-bond acceptors (Lipinski definition) is 6. The van der Waals surface area contributed by atoms with E-state index in [1.54, 1.807) is 37.4 Å². The van der Waals surface area contributed by atoms with Crippen LogP contribution >= 0.6 is 0 Å². The van der Waals surface area contributed by atoms with Crippen LogP contribution in [0.5, 0.6) is 11.5 Å². The minimum absolute atomic E-state index is 0.208. The molecule has 8 nitrogen and oxygen atoms in total. The number of pyridine rings is 1. The molecule has 0 unspecified atom stereocenters. The molecule has 3 aromatic rings. The standard InChI is InChI=1S/C25H22FN3O5/c1-16-10-18(26)6-8-22(16)33-14-21(30)17-5-7-23-20(11-17)29(25(32)15-34-23)13-24(31)28-12-19-4-2-3-9-27-19/h2-11H,12-15H2,1H3,(H,28,31). The van der Waals surface area contributed by atoms with E-state index in [2.05, 4.69) is 10.3 Å². The third-order valence-electron chi connectivity index (χ3n) is 5.21. The molecule has 34 heavy (non-hydrogen) atoms. The molecule has 2 aromatic carbocycles. The maximum Gasteiger partial charge on any atom is 0.265 e. The summed E-state index contributed by atoms with van der Waals surface area (Å²) in [6.45, 7) is 1.20. The summed E-state index contributed by atoms with van der Waals surface area (Å²) in [5, 5.41) is 2.73. The maximum absolute atomic E-state index is 13.3. The van der Waals surface area contributed by atoms with Gasteiger partial charge in [-0.25, -0.2) is 4.39 Å². The zero-order valence-corrected chi connectivity index (χ0v) is 18.4. The lowest BCUT2D eigenvalue weighted by atomic mass is 10.1. The Balaban J connectivity index is 1.44. The van der Waals surface area contributed by atoms with Gasteiger partial charge in [0.05, 0.1) is 17.9 Å². The van der Waals surface area contributed by atoms with E-state index >= 15 is 0 Å². The van der Waals surface area contributed by atoms with Crippen LogP contribution in [0, 0.1) is 12.7 Å². The molecule has 9 heteroatoms. The molecule has 0 saturated heterocycles. The van der Waals surface area contributed by atoms with Crippen molar-refractivity contribution >= 4 is 23.3 Å². The van der Waals surface area contributed by atoms with Crippen LogP contribution in [0.4, 0.5) is 10.1 Å². The van der Waals surface area contributed by atoms with Crippen molar-refractivity contribution in [3.8, 4) is 11.5 Å². The molecule has 1 aliphatic heterocycles. The fraction of sp³-hybridized carbons (Fsp3) is 0.200. The number of halogens is 1. The Hall–Kier alpha value is -4.27. The van der Waals surface area contributed by atoms with Gasteiger partial charge >= 0.3 is 0 Å².